The number of rotatable bonds is 4. The van der Waals surface area contributed by atoms with Crippen LogP contribution in [0.1, 0.15) is 12.1 Å². The molecule has 1 aromatic heterocycles. The molecule has 1 aliphatic rings. The molecule has 2 amide bonds. The highest BCUT2D eigenvalue weighted by Gasteiger charge is 2.31. The Kier molecular flexibility index (Phi) is 3.50. The summed E-state index contributed by atoms with van der Waals surface area (Å²) in [6.45, 7) is 1.46. The maximum absolute atomic E-state index is 11.7. The molecule has 0 spiro atoms. The molecule has 0 aromatic carbocycles. The molecule has 0 radical (unpaired) electrons. The fourth-order valence-electron chi connectivity index (χ4n) is 1.96. The van der Waals surface area contributed by atoms with Gasteiger partial charge in [-0.2, -0.15) is 5.10 Å². The smallest absolute Gasteiger partial charge is 0.317 e. The minimum Gasteiger partial charge on any atom is -0.481 e. The van der Waals surface area contributed by atoms with E-state index in [2.05, 4.69) is 10.4 Å². The van der Waals surface area contributed by atoms with Gasteiger partial charge in [-0.05, 0) is 6.07 Å². The quantitative estimate of drug-likeness (QED) is 0.791. The highest BCUT2D eigenvalue weighted by atomic mass is 16.4. The Hall–Kier alpha value is -2.05. The Balaban J connectivity index is 1.71. The number of likely N-dealkylation sites (tertiary alicyclic amines) is 1. The number of aryl methyl sites for hydroxylation is 1. The van der Waals surface area contributed by atoms with Crippen LogP contribution in [0.25, 0.3) is 0 Å². The predicted molar refractivity (Wildman–Crippen MR) is 62.8 cm³/mol. The van der Waals surface area contributed by atoms with Crippen molar-refractivity contribution >= 4 is 12.0 Å². The Morgan fingerprint density at radius 2 is 2.28 bits per heavy atom. The third-order valence-corrected chi connectivity index (χ3v) is 3.05. The lowest BCUT2D eigenvalue weighted by Gasteiger charge is -2.38. The summed E-state index contributed by atoms with van der Waals surface area (Å²) in [7, 11) is 1.81. The van der Waals surface area contributed by atoms with Crippen molar-refractivity contribution in [2.24, 2.45) is 13.0 Å². The van der Waals surface area contributed by atoms with Gasteiger partial charge < -0.3 is 15.3 Å². The van der Waals surface area contributed by atoms with E-state index in [9.17, 15) is 9.59 Å². The van der Waals surface area contributed by atoms with E-state index in [1.54, 1.807) is 15.8 Å². The molecular weight excluding hydrogens is 236 g/mol. The zero-order valence-corrected chi connectivity index (χ0v) is 10.2. The summed E-state index contributed by atoms with van der Waals surface area (Å²) >= 11 is 0. The van der Waals surface area contributed by atoms with Crippen LogP contribution in [0, 0.1) is 5.92 Å². The predicted octanol–water partition coefficient (Wildman–Crippen LogP) is 0.0362. The van der Waals surface area contributed by atoms with Crippen LogP contribution in [0.15, 0.2) is 12.3 Å². The average molecular weight is 252 g/mol. The van der Waals surface area contributed by atoms with Gasteiger partial charge in [0.2, 0.25) is 0 Å². The van der Waals surface area contributed by atoms with E-state index in [-0.39, 0.29) is 18.4 Å². The Morgan fingerprint density at radius 3 is 2.83 bits per heavy atom. The number of nitrogens with zero attached hydrogens (tertiary/aromatic N) is 3. The highest BCUT2D eigenvalue weighted by molar-refractivity contribution is 5.75. The van der Waals surface area contributed by atoms with Crippen molar-refractivity contribution in [3.8, 4) is 0 Å². The fraction of sp³-hybridized carbons (Fsp3) is 0.545. The fourth-order valence-corrected chi connectivity index (χ4v) is 1.96. The summed E-state index contributed by atoms with van der Waals surface area (Å²) in [5, 5.41) is 15.4. The Labute approximate surface area is 104 Å². The molecule has 0 aliphatic carbocycles. The molecule has 98 valence electrons. The lowest BCUT2D eigenvalue weighted by molar-refractivity contribution is -0.139. The first-order valence-electron chi connectivity index (χ1n) is 5.77. The Morgan fingerprint density at radius 1 is 1.56 bits per heavy atom. The standard InChI is InChI=1S/C11H16N4O3/c1-14-9(2-3-13-14)5-12-11(18)15-6-8(7-15)4-10(16)17/h2-3,8H,4-7H2,1H3,(H,12,18)(H,16,17). The zero-order chi connectivity index (χ0) is 13.1. The molecule has 2 rings (SSSR count). The lowest BCUT2D eigenvalue weighted by Crippen LogP contribution is -2.54. The second-order valence-electron chi connectivity index (χ2n) is 4.47. The van der Waals surface area contributed by atoms with E-state index in [0.717, 1.165) is 5.69 Å². The van der Waals surface area contributed by atoms with Crippen LogP contribution >= 0.6 is 0 Å². The van der Waals surface area contributed by atoms with Crippen LogP contribution in [0.3, 0.4) is 0 Å². The van der Waals surface area contributed by atoms with Gasteiger partial charge >= 0.3 is 12.0 Å². The molecule has 1 saturated heterocycles. The highest BCUT2D eigenvalue weighted by Crippen LogP contribution is 2.18. The van der Waals surface area contributed by atoms with Crippen molar-refractivity contribution in [3.05, 3.63) is 18.0 Å². The SMILES string of the molecule is Cn1nccc1CNC(=O)N1CC(CC(=O)O)C1. The molecule has 1 fully saturated rings. The second kappa shape index (κ2) is 5.07. The molecule has 2 heterocycles. The number of hydrogen-bond acceptors (Lipinski definition) is 3. The third kappa shape index (κ3) is 2.79. The lowest BCUT2D eigenvalue weighted by atomic mass is 9.97. The molecular formula is C11H16N4O3. The van der Waals surface area contributed by atoms with Gasteiger partial charge in [-0.1, -0.05) is 0 Å². The van der Waals surface area contributed by atoms with Gasteiger partial charge in [0.1, 0.15) is 0 Å². The van der Waals surface area contributed by atoms with Crippen LogP contribution in [-0.2, 0) is 18.4 Å². The van der Waals surface area contributed by atoms with Crippen molar-refractivity contribution in [2.75, 3.05) is 13.1 Å². The number of hydrogen-bond donors (Lipinski definition) is 2. The minimum atomic E-state index is -0.810. The van der Waals surface area contributed by atoms with E-state index >= 15 is 0 Å². The van der Waals surface area contributed by atoms with Crippen molar-refractivity contribution in [2.45, 2.75) is 13.0 Å². The number of urea groups is 1. The summed E-state index contributed by atoms with van der Waals surface area (Å²) in [4.78, 5) is 23.8. The van der Waals surface area contributed by atoms with E-state index < -0.39 is 5.97 Å². The van der Waals surface area contributed by atoms with E-state index in [0.29, 0.717) is 19.6 Å². The molecule has 0 bridgehead atoms. The number of nitrogens with one attached hydrogen (secondary N) is 1. The monoisotopic (exact) mass is 252 g/mol. The number of aliphatic carboxylic acids is 1. The maximum Gasteiger partial charge on any atom is 0.317 e. The number of carbonyl (C=O) groups excluding carboxylic acids is 1. The van der Waals surface area contributed by atoms with Crippen LogP contribution in [-0.4, -0.2) is 44.9 Å². The summed E-state index contributed by atoms with van der Waals surface area (Å²) < 4.78 is 1.70. The number of carbonyl (C=O) groups is 2. The van der Waals surface area contributed by atoms with Gasteiger partial charge in [0.05, 0.1) is 18.7 Å². The maximum atomic E-state index is 11.7. The molecule has 0 saturated carbocycles. The van der Waals surface area contributed by atoms with Gasteiger partial charge in [0.15, 0.2) is 0 Å². The van der Waals surface area contributed by atoms with Crippen molar-refractivity contribution in [1.82, 2.24) is 20.0 Å². The molecule has 1 aromatic rings. The number of carboxylic acids is 1. The normalized spacial score (nSPS) is 15.3. The molecule has 7 nitrogen and oxygen atoms in total. The molecule has 1 aliphatic heterocycles. The van der Waals surface area contributed by atoms with E-state index in [1.807, 2.05) is 13.1 Å². The first-order chi connectivity index (χ1) is 8.56. The molecule has 0 unspecified atom stereocenters. The van der Waals surface area contributed by atoms with Crippen molar-refractivity contribution in [3.63, 3.8) is 0 Å². The van der Waals surface area contributed by atoms with Gasteiger partial charge in [0.25, 0.3) is 0 Å². The number of carboxylic acid groups (broad SMARTS) is 1. The van der Waals surface area contributed by atoms with Gasteiger partial charge in [0, 0.05) is 32.3 Å². The molecule has 7 heteroatoms. The Bertz CT molecular complexity index is 451. The summed E-state index contributed by atoms with van der Waals surface area (Å²) in [5.41, 5.74) is 0.922. The summed E-state index contributed by atoms with van der Waals surface area (Å²) in [5.74, 6) is -0.722. The van der Waals surface area contributed by atoms with Gasteiger partial charge in [-0.3, -0.25) is 9.48 Å². The van der Waals surface area contributed by atoms with Crippen LogP contribution in [0.5, 0.6) is 0 Å². The molecule has 2 N–H and O–H groups in total. The largest absolute Gasteiger partial charge is 0.481 e. The van der Waals surface area contributed by atoms with Crippen LogP contribution < -0.4 is 5.32 Å². The number of amides is 2. The van der Waals surface area contributed by atoms with Crippen LogP contribution in [0.2, 0.25) is 0 Å². The zero-order valence-electron chi connectivity index (χ0n) is 10.2. The average Bonchev–Trinajstić information content (AvgIpc) is 2.65. The second-order valence-corrected chi connectivity index (χ2v) is 4.47. The van der Waals surface area contributed by atoms with Crippen molar-refractivity contribution < 1.29 is 14.7 Å². The molecule has 0 atom stereocenters. The number of aromatic nitrogens is 2. The third-order valence-electron chi connectivity index (χ3n) is 3.05. The first-order valence-corrected chi connectivity index (χ1v) is 5.77. The minimum absolute atomic E-state index is 0.0879. The van der Waals surface area contributed by atoms with E-state index in [4.69, 9.17) is 5.11 Å². The van der Waals surface area contributed by atoms with Gasteiger partial charge in [-0.25, -0.2) is 4.79 Å². The topological polar surface area (TPSA) is 87.5 Å². The van der Waals surface area contributed by atoms with Gasteiger partial charge in [-0.15, -0.1) is 0 Å². The van der Waals surface area contributed by atoms with Crippen molar-refractivity contribution in [1.29, 1.82) is 0 Å². The summed E-state index contributed by atoms with van der Waals surface area (Å²) in [6.07, 6.45) is 1.81. The van der Waals surface area contributed by atoms with Crippen LogP contribution in [0.4, 0.5) is 4.79 Å². The summed E-state index contributed by atoms with van der Waals surface area (Å²) in [6, 6.07) is 1.68. The van der Waals surface area contributed by atoms with E-state index in [1.165, 1.54) is 0 Å². The molecule has 18 heavy (non-hydrogen) atoms. The first kappa shape index (κ1) is 12.4.